The van der Waals surface area contributed by atoms with Gasteiger partial charge in [-0.25, -0.2) is 4.68 Å². The summed E-state index contributed by atoms with van der Waals surface area (Å²) in [4.78, 5) is 12.1. The Bertz CT molecular complexity index is 804. The summed E-state index contributed by atoms with van der Waals surface area (Å²) in [6.07, 6.45) is 3.09. The van der Waals surface area contributed by atoms with Crippen molar-refractivity contribution >= 4 is 23.0 Å². The molecule has 3 aromatic rings. The fraction of sp³-hybridized carbons (Fsp3) is 0.0625. The highest BCUT2D eigenvalue weighted by molar-refractivity contribution is 6.06. The molecule has 104 valence electrons. The van der Waals surface area contributed by atoms with Crippen LogP contribution in [0.25, 0.3) is 17.2 Å². The second kappa shape index (κ2) is 5.58. The summed E-state index contributed by atoms with van der Waals surface area (Å²) < 4.78 is 6.64. The van der Waals surface area contributed by atoms with Gasteiger partial charge < -0.3 is 4.74 Å². The van der Waals surface area contributed by atoms with Gasteiger partial charge in [0.15, 0.2) is 5.78 Å². The minimum absolute atomic E-state index is 0.0998. The predicted octanol–water partition coefficient (Wildman–Crippen LogP) is 2.79. The maximum Gasteiger partial charge on any atom is 0.187 e. The molecule has 0 aliphatic rings. The number of fused-ring (bicyclic) bond motifs is 1. The largest absolute Gasteiger partial charge is 0.497 e. The van der Waals surface area contributed by atoms with E-state index in [2.05, 4.69) is 10.3 Å². The number of rotatable bonds is 4. The van der Waals surface area contributed by atoms with E-state index < -0.39 is 0 Å². The van der Waals surface area contributed by atoms with Gasteiger partial charge in [-0.15, -0.1) is 5.10 Å². The maximum atomic E-state index is 12.1. The van der Waals surface area contributed by atoms with Crippen LogP contribution < -0.4 is 4.74 Å². The van der Waals surface area contributed by atoms with Gasteiger partial charge in [-0.1, -0.05) is 17.3 Å². The van der Waals surface area contributed by atoms with Crippen LogP contribution in [0.2, 0.25) is 0 Å². The van der Waals surface area contributed by atoms with Gasteiger partial charge in [0.1, 0.15) is 11.3 Å². The Labute approximate surface area is 121 Å². The van der Waals surface area contributed by atoms with E-state index >= 15 is 0 Å². The van der Waals surface area contributed by atoms with Gasteiger partial charge in [0.2, 0.25) is 0 Å². The number of allylic oxidation sites excluding steroid dienone is 1. The number of carbonyl (C=O) groups excluding carboxylic acids is 1. The molecule has 0 saturated carbocycles. The number of benzene rings is 2. The Hall–Kier alpha value is -2.95. The van der Waals surface area contributed by atoms with Gasteiger partial charge in [-0.3, -0.25) is 4.79 Å². The minimum Gasteiger partial charge on any atom is -0.497 e. The molecule has 0 saturated heterocycles. The third kappa shape index (κ3) is 2.67. The first-order valence-electron chi connectivity index (χ1n) is 6.44. The fourth-order valence-electron chi connectivity index (χ4n) is 1.99. The number of methoxy groups -OCH3 is 1. The number of carbonyl (C=O) groups is 1. The zero-order valence-electron chi connectivity index (χ0n) is 11.4. The van der Waals surface area contributed by atoms with Crippen LogP contribution >= 0.6 is 0 Å². The van der Waals surface area contributed by atoms with Crippen LogP contribution in [0.15, 0.2) is 54.6 Å². The van der Waals surface area contributed by atoms with Crippen molar-refractivity contribution in [3.8, 4) is 5.75 Å². The summed E-state index contributed by atoms with van der Waals surface area (Å²) in [7, 11) is 1.59. The molecule has 0 fully saturated rings. The number of hydrogen-bond donors (Lipinski definition) is 0. The summed E-state index contributed by atoms with van der Waals surface area (Å²) in [5.41, 5.74) is 2.24. The highest BCUT2D eigenvalue weighted by Gasteiger charge is 2.04. The smallest absolute Gasteiger partial charge is 0.187 e. The first-order chi connectivity index (χ1) is 10.3. The van der Waals surface area contributed by atoms with E-state index in [0.29, 0.717) is 5.56 Å². The summed E-state index contributed by atoms with van der Waals surface area (Å²) in [5, 5.41) is 8.02. The lowest BCUT2D eigenvalue weighted by Gasteiger charge is -2.00. The standard InChI is InChI=1S/C16H13N3O2/c1-21-13-8-6-12(7-9-13)16(20)10-11-19-15-5-3-2-4-14(15)17-18-19/h2-11H,1H3/b11-10+. The number of ketones is 1. The number of nitrogens with zero attached hydrogens (tertiary/aromatic N) is 3. The minimum atomic E-state index is -0.0998. The monoisotopic (exact) mass is 279 g/mol. The Morgan fingerprint density at radius 3 is 2.67 bits per heavy atom. The lowest BCUT2D eigenvalue weighted by Crippen LogP contribution is -1.96. The molecular weight excluding hydrogens is 266 g/mol. The van der Waals surface area contributed by atoms with Crippen LogP contribution in [0.4, 0.5) is 0 Å². The summed E-state index contributed by atoms with van der Waals surface area (Å²) >= 11 is 0. The topological polar surface area (TPSA) is 57.0 Å². The molecule has 5 heteroatoms. The van der Waals surface area contributed by atoms with Crippen LogP contribution in [-0.2, 0) is 0 Å². The van der Waals surface area contributed by atoms with Crippen LogP contribution in [0, 0.1) is 0 Å². The van der Waals surface area contributed by atoms with Gasteiger partial charge in [-0.05, 0) is 36.4 Å². The van der Waals surface area contributed by atoms with E-state index in [4.69, 9.17) is 4.74 Å². The average Bonchev–Trinajstić information content (AvgIpc) is 2.96. The molecule has 0 atom stereocenters. The molecule has 0 N–H and O–H groups in total. The van der Waals surface area contributed by atoms with Gasteiger partial charge >= 0.3 is 0 Å². The van der Waals surface area contributed by atoms with Gasteiger partial charge in [0.05, 0.1) is 12.6 Å². The van der Waals surface area contributed by atoms with Crippen LogP contribution in [-0.4, -0.2) is 27.9 Å². The summed E-state index contributed by atoms with van der Waals surface area (Å²) in [6, 6.07) is 14.5. The van der Waals surface area contributed by atoms with E-state index in [0.717, 1.165) is 16.8 Å². The van der Waals surface area contributed by atoms with Gasteiger partial charge in [0.25, 0.3) is 0 Å². The van der Waals surface area contributed by atoms with Crippen molar-refractivity contribution in [2.75, 3.05) is 7.11 Å². The van der Waals surface area contributed by atoms with Crippen molar-refractivity contribution in [3.05, 3.63) is 60.2 Å². The highest BCUT2D eigenvalue weighted by atomic mass is 16.5. The van der Waals surface area contributed by atoms with E-state index in [1.54, 1.807) is 42.3 Å². The Balaban J connectivity index is 1.83. The molecule has 0 unspecified atom stereocenters. The zero-order chi connectivity index (χ0) is 14.7. The van der Waals surface area contributed by atoms with Crippen LogP contribution in [0.3, 0.4) is 0 Å². The zero-order valence-corrected chi connectivity index (χ0v) is 11.4. The number of aromatic nitrogens is 3. The van der Waals surface area contributed by atoms with Crippen molar-refractivity contribution < 1.29 is 9.53 Å². The maximum absolute atomic E-state index is 12.1. The first-order valence-corrected chi connectivity index (χ1v) is 6.44. The molecule has 3 rings (SSSR count). The third-order valence-electron chi connectivity index (χ3n) is 3.12. The Morgan fingerprint density at radius 2 is 1.90 bits per heavy atom. The fourth-order valence-corrected chi connectivity index (χ4v) is 1.99. The van der Waals surface area contributed by atoms with E-state index in [-0.39, 0.29) is 5.78 Å². The Morgan fingerprint density at radius 1 is 1.14 bits per heavy atom. The SMILES string of the molecule is COc1ccc(C(=O)/C=C/n2nnc3ccccc32)cc1. The average molecular weight is 279 g/mol. The summed E-state index contributed by atoms with van der Waals surface area (Å²) in [6.45, 7) is 0. The van der Waals surface area contributed by atoms with Crippen molar-refractivity contribution in [3.63, 3.8) is 0 Å². The molecule has 5 nitrogen and oxygen atoms in total. The van der Waals surface area contributed by atoms with Crippen LogP contribution in [0.5, 0.6) is 5.75 Å². The van der Waals surface area contributed by atoms with Crippen molar-refractivity contribution in [2.24, 2.45) is 0 Å². The molecule has 1 heterocycles. The molecule has 1 aromatic heterocycles. The molecule has 0 bridgehead atoms. The van der Waals surface area contributed by atoms with Crippen molar-refractivity contribution in [1.82, 2.24) is 15.0 Å². The van der Waals surface area contributed by atoms with E-state index in [1.807, 2.05) is 24.3 Å². The highest BCUT2D eigenvalue weighted by Crippen LogP contribution is 2.13. The number of hydrogen-bond acceptors (Lipinski definition) is 4. The second-order valence-electron chi connectivity index (χ2n) is 4.43. The quantitative estimate of drug-likeness (QED) is 0.544. The molecule has 21 heavy (non-hydrogen) atoms. The molecule has 0 aliphatic heterocycles. The molecule has 0 aliphatic carbocycles. The summed E-state index contributed by atoms with van der Waals surface area (Å²) in [5.74, 6) is 0.620. The lowest BCUT2D eigenvalue weighted by molar-refractivity contribution is 0.104. The molecule has 0 amide bonds. The molecule has 0 spiro atoms. The second-order valence-corrected chi connectivity index (χ2v) is 4.43. The van der Waals surface area contributed by atoms with Crippen molar-refractivity contribution in [2.45, 2.75) is 0 Å². The molecule has 2 aromatic carbocycles. The van der Waals surface area contributed by atoms with Gasteiger partial charge in [0, 0.05) is 17.8 Å². The van der Waals surface area contributed by atoms with Gasteiger partial charge in [-0.2, -0.15) is 0 Å². The third-order valence-corrected chi connectivity index (χ3v) is 3.12. The number of ether oxygens (including phenoxy) is 1. The number of para-hydroxylation sites is 1. The first kappa shape index (κ1) is 13.1. The Kier molecular flexibility index (Phi) is 3.47. The molecular formula is C16H13N3O2. The van der Waals surface area contributed by atoms with Crippen molar-refractivity contribution in [1.29, 1.82) is 0 Å². The van der Waals surface area contributed by atoms with E-state index in [9.17, 15) is 4.79 Å². The van der Waals surface area contributed by atoms with E-state index in [1.165, 1.54) is 6.08 Å². The molecule has 0 radical (unpaired) electrons. The normalized spacial score (nSPS) is 11.1. The lowest BCUT2D eigenvalue weighted by atomic mass is 10.1. The van der Waals surface area contributed by atoms with Crippen LogP contribution in [0.1, 0.15) is 10.4 Å². The predicted molar refractivity (Wildman–Crippen MR) is 80.2 cm³/mol.